The average Bonchev–Trinajstić information content (AvgIpc) is 2.71. The standard InChI is InChI=1S/C12H18O5/c1-4-14-10(13)7-15-8-5-6-9-11(8)17-12(2,3)16-9/h5-6,8-9,11H,4,7H2,1-3H3. The highest BCUT2D eigenvalue weighted by Crippen LogP contribution is 2.35. The zero-order valence-corrected chi connectivity index (χ0v) is 10.3. The Hall–Kier alpha value is -0.910. The molecular formula is C12H18O5. The third-order valence-electron chi connectivity index (χ3n) is 2.68. The van der Waals surface area contributed by atoms with Gasteiger partial charge in [0.05, 0.1) is 6.61 Å². The number of rotatable bonds is 4. The second-order valence-electron chi connectivity index (χ2n) is 4.53. The molecule has 0 bridgehead atoms. The topological polar surface area (TPSA) is 54.0 Å². The van der Waals surface area contributed by atoms with Gasteiger partial charge in [0.15, 0.2) is 5.79 Å². The Labute approximate surface area is 101 Å². The van der Waals surface area contributed by atoms with Gasteiger partial charge in [-0.1, -0.05) is 12.2 Å². The summed E-state index contributed by atoms with van der Waals surface area (Å²) in [6, 6.07) is 0. The largest absolute Gasteiger partial charge is 0.464 e. The third-order valence-corrected chi connectivity index (χ3v) is 2.68. The van der Waals surface area contributed by atoms with Gasteiger partial charge in [-0.05, 0) is 20.8 Å². The van der Waals surface area contributed by atoms with E-state index in [0.29, 0.717) is 6.61 Å². The van der Waals surface area contributed by atoms with Gasteiger partial charge in [0.2, 0.25) is 0 Å². The Balaban J connectivity index is 1.84. The predicted octanol–water partition coefficient (Wildman–Crippen LogP) is 1.02. The molecule has 0 aromatic carbocycles. The van der Waals surface area contributed by atoms with E-state index < -0.39 is 5.79 Å². The smallest absolute Gasteiger partial charge is 0.332 e. The van der Waals surface area contributed by atoms with Gasteiger partial charge in [-0.15, -0.1) is 0 Å². The molecule has 0 amide bonds. The number of hydrogen-bond donors (Lipinski definition) is 0. The summed E-state index contributed by atoms with van der Waals surface area (Å²) in [6.45, 7) is 5.79. The molecule has 3 unspecified atom stereocenters. The molecule has 5 nitrogen and oxygen atoms in total. The maximum absolute atomic E-state index is 11.2. The molecule has 0 spiro atoms. The van der Waals surface area contributed by atoms with Crippen molar-refractivity contribution in [3.63, 3.8) is 0 Å². The van der Waals surface area contributed by atoms with Crippen molar-refractivity contribution < 1.29 is 23.7 Å². The van der Waals surface area contributed by atoms with Crippen LogP contribution in [0.5, 0.6) is 0 Å². The Bertz CT molecular complexity index is 323. The fourth-order valence-electron chi connectivity index (χ4n) is 2.07. The summed E-state index contributed by atoms with van der Waals surface area (Å²) in [4.78, 5) is 11.2. The highest BCUT2D eigenvalue weighted by Gasteiger charge is 2.46. The SMILES string of the molecule is CCOC(=O)COC1C=CC2OC(C)(C)OC12. The van der Waals surface area contributed by atoms with Gasteiger partial charge in [0, 0.05) is 0 Å². The van der Waals surface area contributed by atoms with Crippen molar-refractivity contribution >= 4 is 5.97 Å². The maximum Gasteiger partial charge on any atom is 0.332 e. The van der Waals surface area contributed by atoms with Crippen LogP contribution >= 0.6 is 0 Å². The number of ether oxygens (including phenoxy) is 4. The monoisotopic (exact) mass is 242 g/mol. The normalized spacial score (nSPS) is 33.7. The second kappa shape index (κ2) is 4.76. The minimum absolute atomic E-state index is 0.0597. The van der Waals surface area contributed by atoms with Crippen LogP contribution in [0.3, 0.4) is 0 Å². The molecule has 3 atom stereocenters. The van der Waals surface area contributed by atoms with E-state index in [-0.39, 0.29) is 30.9 Å². The summed E-state index contributed by atoms with van der Waals surface area (Å²) in [5, 5.41) is 0. The first kappa shape index (κ1) is 12.5. The molecule has 2 aliphatic rings. The summed E-state index contributed by atoms with van der Waals surface area (Å²) >= 11 is 0. The lowest BCUT2D eigenvalue weighted by Crippen LogP contribution is -2.32. The lowest BCUT2D eigenvalue weighted by molar-refractivity contribution is -0.162. The van der Waals surface area contributed by atoms with Crippen LogP contribution in [0.4, 0.5) is 0 Å². The number of fused-ring (bicyclic) bond motifs is 1. The summed E-state index contributed by atoms with van der Waals surface area (Å²) in [5.41, 5.74) is 0. The number of carbonyl (C=O) groups is 1. The average molecular weight is 242 g/mol. The molecule has 0 radical (unpaired) electrons. The van der Waals surface area contributed by atoms with E-state index in [0.717, 1.165) is 0 Å². The van der Waals surface area contributed by atoms with Crippen molar-refractivity contribution in [2.24, 2.45) is 0 Å². The predicted molar refractivity (Wildman–Crippen MR) is 59.3 cm³/mol. The van der Waals surface area contributed by atoms with Gasteiger partial charge in [0.25, 0.3) is 0 Å². The van der Waals surface area contributed by atoms with E-state index in [1.165, 1.54) is 0 Å². The quantitative estimate of drug-likeness (QED) is 0.544. The Morgan fingerprint density at radius 2 is 2.12 bits per heavy atom. The van der Waals surface area contributed by atoms with E-state index in [1.807, 2.05) is 26.0 Å². The summed E-state index contributed by atoms with van der Waals surface area (Å²) in [5.74, 6) is -0.950. The van der Waals surface area contributed by atoms with Crippen molar-refractivity contribution in [2.45, 2.75) is 44.9 Å². The van der Waals surface area contributed by atoms with Gasteiger partial charge in [-0.3, -0.25) is 0 Å². The first-order valence-corrected chi connectivity index (χ1v) is 5.83. The molecule has 5 heteroatoms. The molecular weight excluding hydrogens is 224 g/mol. The lowest BCUT2D eigenvalue weighted by atomic mass is 10.2. The maximum atomic E-state index is 11.2. The van der Waals surface area contributed by atoms with E-state index in [1.54, 1.807) is 6.92 Å². The highest BCUT2D eigenvalue weighted by molar-refractivity contribution is 5.70. The first-order valence-electron chi connectivity index (χ1n) is 5.83. The van der Waals surface area contributed by atoms with Gasteiger partial charge < -0.3 is 18.9 Å². The van der Waals surface area contributed by atoms with Gasteiger partial charge in [0.1, 0.15) is 24.9 Å². The van der Waals surface area contributed by atoms with Crippen LogP contribution in [-0.4, -0.2) is 43.3 Å². The zero-order valence-electron chi connectivity index (χ0n) is 10.3. The summed E-state index contributed by atoms with van der Waals surface area (Å²) in [7, 11) is 0. The third kappa shape index (κ3) is 2.86. The highest BCUT2D eigenvalue weighted by atomic mass is 16.8. The number of esters is 1. The zero-order chi connectivity index (χ0) is 12.5. The Morgan fingerprint density at radius 1 is 1.35 bits per heavy atom. The van der Waals surface area contributed by atoms with Gasteiger partial charge in [-0.25, -0.2) is 4.79 Å². The summed E-state index contributed by atoms with van der Waals surface area (Å²) < 4.78 is 21.6. The van der Waals surface area contributed by atoms with Gasteiger partial charge >= 0.3 is 5.97 Å². The molecule has 0 aromatic heterocycles. The van der Waals surface area contributed by atoms with E-state index in [9.17, 15) is 4.79 Å². The minimum Gasteiger partial charge on any atom is -0.464 e. The van der Waals surface area contributed by atoms with Crippen molar-refractivity contribution in [3.8, 4) is 0 Å². The molecule has 0 saturated carbocycles. The molecule has 2 rings (SSSR count). The molecule has 96 valence electrons. The van der Waals surface area contributed by atoms with Crippen molar-refractivity contribution in [1.82, 2.24) is 0 Å². The molecule has 0 N–H and O–H groups in total. The number of hydrogen-bond acceptors (Lipinski definition) is 5. The fourth-order valence-corrected chi connectivity index (χ4v) is 2.07. The summed E-state index contributed by atoms with van der Waals surface area (Å²) in [6.07, 6.45) is 3.28. The van der Waals surface area contributed by atoms with E-state index in [2.05, 4.69) is 0 Å². The molecule has 1 saturated heterocycles. The first-order chi connectivity index (χ1) is 8.02. The van der Waals surface area contributed by atoms with E-state index >= 15 is 0 Å². The van der Waals surface area contributed by atoms with Crippen molar-refractivity contribution in [3.05, 3.63) is 12.2 Å². The molecule has 0 aromatic rings. The molecule has 1 aliphatic carbocycles. The van der Waals surface area contributed by atoms with Crippen LogP contribution in [0.2, 0.25) is 0 Å². The van der Waals surface area contributed by atoms with Crippen LogP contribution in [0.25, 0.3) is 0 Å². The second-order valence-corrected chi connectivity index (χ2v) is 4.53. The molecule has 17 heavy (non-hydrogen) atoms. The fraction of sp³-hybridized carbons (Fsp3) is 0.750. The molecule has 1 heterocycles. The van der Waals surface area contributed by atoms with Gasteiger partial charge in [-0.2, -0.15) is 0 Å². The minimum atomic E-state index is -0.592. The molecule has 1 aliphatic heterocycles. The van der Waals surface area contributed by atoms with Crippen LogP contribution in [-0.2, 0) is 23.7 Å². The Kier molecular flexibility index (Phi) is 3.51. The lowest BCUT2D eigenvalue weighted by Gasteiger charge is -2.20. The van der Waals surface area contributed by atoms with Crippen LogP contribution < -0.4 is 0 Å². The van der Waals surface area contributed by atoms with Crippen molar-refractivity contribution in [2.75, 3.05) is 13.2 Å². The van der Waals surface area contributed by atoms with E-state index in [4.69, 9.17) is 18.9 Å². The van der Waals surface area contributed by atoms with Crippen LogP contribution in [0.15, 0.2) is 12.2 Å². The Morgan fingerprint density at radius 3 is 2.82 bits per heavy atom. The van der Waals surface area contributed by atoms with Crippen molar-refractivity contribution in [1.29, 1.82) is 0 Å². The van der Waals surface area contributed by atoms with Crippen LogP contribution in [0.1, 0.15) is 20.8 Å². The van der Waals surface area contributed by atoms with Crippen LogP contribution in [0, 0.1) is 0 Å². The molecule has 1 fully saturated rings. The number of carbonyl (C=O) groups excluding carboxylic acids is 1.